The minimum absolute atomic E-state index is 0.210. The van der Waals surface area contributed by atoms with Crippen molar-refractivity contribution in [3.05, 3.63) is 0 Å². The Morgan fingerprint density at radius 1 is 0.920 bits per heavy atom. The number of amides is 1. The molecule has 2 fully saturated rings. The second-order valence-corrected chi connectivity index (χ2v) is 8.03. The van der Waals surface area contributed by atoms with Gasteiger partial charge in [-0.3, -0.25) is 9.80 Å². The topological polar surface area (TPSA) is 48.1 Å². The first-order chi connectivity index (χ1) is 11.9. The van der Waals surface area contributed by atoms with E-state index in [0.717, 1.165) is 71.3 Å². The van der Waals surface area contributed by atoms with Gasteiger partial charge in [-0.1, -0.05) is 0 Å². The van der Waals surface area contributed by atoms with Crippen molar-refractivity contribution in [2.24, 2.45) is 0 Å². The summed E-state index contributed by atoms with van der Waals surface area (Å²) < 4.78 is 5.31. The molecular formula is C17H34Cl2N4O2. The summed E-state index contributed by atoms with van der Waals surface area (Å²) in [5, 5.41) is 3.29. The molecule has 0 bridgehead atoms. The van der Waals surface area contributed by atoms with Crippen molar-refractivity contribution >= 4 is 29.3 Å². The maximum atomic E-state index is 11.7. The van der Waals surface area contributed by atoms with Crippen molar-refractivity contribution in [3.63, 3.8) is 0 Å². The van der Waals surface area contributed by atoms with Gasteiger partial charge in [0.2, 0.25) is 0 Å². The number of hydrogen-bond donors (Lipinski definition) is 1. The van der Waals surface area contributed by atoms with Crippen molar-refractivity contribution in [2.45, 2.75) is 26.4 Å². The van der Waals surface area contributed by atoms with Crippen LogP contribution in [-0.2, 0) is 4.74 Å². The van der Waals surface area contributed by atoms with Crippen molar-refractivity contribution < 1.29 is 9.53 Å². The summed E-state index contributed by atoms with van der Waals surface area (Å²) in [5.74, 6) is 1.41. The Morgan fingerprint density at radius 3 is 1.84 bits per heavy atom. The summed E-state index contributed by atoms with van der Waals surface area (Å²) in [6, 6.07) is 0. The smallest absolute Gasteiger partial charge is 0.410 e. The molecule has 2 saturated heterocycles. The van der Waals surface area contributed by atoms with Gasteiger partial charge in [-0.25, -0.2) is 4.79 Å². The lowest BCUT2D eigenvalue weighted by Gasteiger charge is -2.35. The number of carbonyl (C=O) groups excluding carboxylic acids is 1. The van der Waals surface area contributed by atoms with Crippen LogP contribution in [0.3, 0.4) is 0 Å². The van der Waals surface area contributed by atoms with Gasteiger partial charge in [0, 0.05) is 77.2 Å². The van der Waals surface area contributed by atoms with Crippen LogP contribution >= 0.6 is 23.2 Å². The molecule has 0 aromatic heterocycles. The Kier molecular flexibility index (Phi) is 11.1. The lowest BCUT2D eigenvalue weighted by Crippen LogP contribution is -2.50. The third kappa shape index (κ3) is 10.5. The predicted octanol–water partition coefficient (Wildman–Crippen LogP) is 1.91. The van der Waals surface area contributed by atoms with Crippen LogP contribution in [-0.4, -0.2) is 104 Å². The van der Waals surface area contributed by atoms with Gasteiger partial charge in [-0.05, 0) is 20.8 Å². The average Bonchev–Trinajstić information content (AvgIpc) is 2.56. The van der Waals surface area contributed by atoms with Crippen molar-refractivity contribution in [1.29, 1.82) is 0 Å². The van der Waals surface area contributed by atoms with Gasteiger partial charge < -0.3 is 15.0 Å². The van der Waals surface area contributed by atoms with Gasteiger partial charge in [0.25, 0.3) is 0 Å². The summed E-state index contributed by atoms with van der Waals surface area (Å²) in [6.07, 6.45) is -0.210. The van der Waals surface area contributed by atoms with E-state index >= 15 is 0 Å². The second-order valence-electron chi connectivity index (χ2n) is 7.28. The van der Waals surface area contributed by atoms with Gasteiger partial charge in [0.15, 0.2) is 0 Å². The number of carbonyl (C=O) groups is 1. The maximum Gasteiger partial charge on any atom is 0.410 e. The third-order valence-corrected chi connectivity index (χ3v) is 4.37. The molecule has 1 amide bonds. The number of hydrogen-bond acceptors (Lipinski definition) is 5. The fourth-order valence-corrected chi connectivity index (χ4v) is 3.13. The van der Waals surface area contributed by atoms with Crippen molar-refractivity contribution in [3.8, 4) is 0 Å². The van der Waals surface area contributed by atoms with Crippen LogP contribution < -0.4 is 5.32 Å². The molecule has 2 heterocycles. The molecule has 0 aliphatic carbocycles. The molecule has 0 aromatic carbocycles. The van der Waals surface area contributed by atoms with E-state index in [-0.39, 0.29) is 6.09 Å². The van der Waals surface area contributed by atoms with Crippen LogP contribution in [0.15, 0.2) is 0 Å². The average molecular weight is 397 g/mol. The Labute approximate surface area is 162 Å². The molecule has 6 nitrogen and oxygen atoms in total. The number of rotatable bonds is 4. The predicted molar refractivity (Wildman–Crippen MR) is 105 cm³/mol. The first-order valence-corrected chi connectivity index (χ1v) is 10.2. The van der Waals surface area contributed by atoms with Crippen LogP contribution in [0.25, 0.3) is 0 Å². The minimum Gasteiger partial charge on any atom is -0.444 e. The third-order valence-electron chi connectivity index (χ3n) is 4.04. The molecule has 2 rings (SSSR count). The van der Waals surface area contributed by atoms with Crippen LogP contribution in [0, 0.1) is 0 Å². The number of halogens is 2. The Balaban J connectivity index is 0.000000293. The zero-order valence-electron chi connectivity index (χ0n) is 15.9. The summed E-state index contributed by atoms with van der Waals surface area (Å²) in [5.41, 5.74) is -0.412. The zero-order valence-corrected chi connectivity index (χ0v) is 17.4. The fraction of sp³-hybridized carbons (Fsp3) is 0.941. The molecule has 25 heavy (non-hydrogen) atoms. The Bertz CT molecular complexity index is 363. The molecule has 0 aromatic rings. The summed E-state index contributed by atoms with van der Waals surface area (Å²) in [7, 11) is 0. The number of nitrogens with zero attached hydrogens (tertiary/aromatic N) is 3. The summed E-state index contributed by atoms with van der Waals surface area (Å²) in [6.45, 7) is 15.4. The molecule has 1 N–H and O–H groups in total. The molecule has 148 valence electrons. The molecule has 0 radical (unpaired) electrons. The minimum atomic E-state index is -0.412. The molecule has 0 spiro atoms. The first kappa shape index (κ1) is 22.8. The number of piperazine rings is 2. The SMILES string of the molecule is CC(C)(C)OC(=O)N1CCN(CCCl)CC1.ClCCN1CCNCC1. The highest BCUT2D eigenvalue weighted by molar-refractivity contribution is 6.18. The molecule has 8 heteroatoms. The lowest BCUT2D eigenvalue weighted by molar-refractivity contribution is 0.0150. The van der Waals surface area contributed by atoms with Gasteiger partial charge in [-0.2, -0.15) is 0 Å². The van der Waals surface area contributed by atoms with E-state index in [2.05, 4.69) is 15.1 Å². The van der Waals surface area contributed by atoms with Gasteiger partial charge in [-0.15, -0.1) is 23.2 Å². The summed E-state index contributed by atoms with van der Waals surface area (Å²) >= 11 is 11.2. The van der Waals surface area contributed by atoms with Gasteiger partial charge >= 0.3 is 6.09 Å². The van der Waals surface area contributed by atoms with E-state index in [1.165, 1.54) is 0 Å². The standard InChI is InChI=1S/C11H21ClN2O2.C6H13ClN2/c1-11(2,3)16-10(15)14-8-6-13(5-4-12)7-9-14;7-1-4-9-5-2-8-3-6-9/h4-9H2,1-3H3;8H,1-6H2. The van der Waals surface area contributed by atoms with E-state index in [1.54, 1.807) is 4.90 Å². The van der Waals surface area contributed by atoms with Crippen molar-refractivity contribution in [1.82, 2.24) is 20.0 Å². The monoisotopic (exact) mass is 396 g/mol. The highest BCUT2D eigenvalue weighted by Gasteiger charge is 2.25. The van der Waals surface area contributed by atoms with E-state index in [0.29, 0.717) is 5.88 Å². The lowest BCUT2D eigenvalue weighted by atomic mass is 10.2. The van der Waals surface area contributed by atoms with E-state index < -0.39 is 5.60 Å². The maximum absolute atomic E-state index is 11.7. The fourth-order valence-electron chi connectivity index (χ4n) is 2.65. The molecule has 0 saturated carbocycles. The van der Waals surface area contributed by atoms with Crippen LogP contribution in [0.5, 0.6) is 0 Å². The normalized spacial score (nSPS) is 20.0. The first-order valence-electron chi connectivity index (χ1n) is 9.11. The van der Waals surface area contributed by atoms with E-state index in [4.69, 9.17) is 27.9 Å². The number of nitrogens with one attached hydrogen (secondary N) is 1. The molecule has 2 aliphatic heterocycles. The molecule has 2 aliphatic rings. The van der Waals surface area contributed by atoms with Crippen molar-refractivity contribution in [2.75, 3.05) is 77.2 Å². The van der Waals surface area contributed by atoms with E-state index in [1.807, 2.05) is 20.8 Å². The zero-order chi connectivity index (χ0) is 18.7. The van der Waals surface area contributed by atoms with Gasteiger partial charge in [0.1, 0.15) is 5.60 Å². The highest BCUT2D eigenvalue weighted by Crippen LogP contribution is 2.11. The van der Waals surface area contributed by atoms with Gasteiger partial charge in [0.05, 0.1) is 0 Å². The number of ether oxygens (including phenoxy) is 1. The Morgan fingerprint density at radius 2 is 1.40 bits per heavy atom. The van der Waals surface area contributed by atoms with Crippen LogP contribution in [0.4, 0.5) is 4.79 Å². The quantitative estimate of drug-likeness (QED) is 0.735. The molecule has 0 unspecified atom stereocenters. The number of alkyl halides is 2. The molecule has 0 atom stereocenters. The van der Waals surface area contributed by atoms with Crippen LogP contribution in [0.2, 0.25) is 0 Å². The van der Waals surface area contributed by atoms with E-state index in [9.17, 15) is 4.79 Å². The van der Waals surface area contributed by atoms with Crippen LogP contribution in [0.1, 0.15) is 20.8 Å². The largest absolute Gasteiger partial charge is 0.444 e. The second kappa shape index (κ2) is 12.2. The highest BCUT2D eigenvalue weighted by atomic mass is 35.5. The summed E-state index contributed by atoms with van der Waals surface area (Å²) in [4.78, 5) is 18.1. The Hall–Kier alpha value is -0.270. The molecular weight excluding hydrogens is 363 g/mol.